The summed E-state index contributed by atoms with van der Waals surface area (Å²) in [6, 6.07) is 25.7. The largest absolute Gasteiger partial charge is 0.355 e. The van der Waals surface area contributed by atoms with E-state index in [1.165, 1.54) is 5.56 Å². The van der Waals surface area contributed by atoms with Gasteiger partial charge in [-0.05, 0) is 49.4 Å². The first-order valence-electron chi connectivity index (χ1n) is 11.7. The molecular weight excluding hydrogens is 408 g/mol. The molecule has 3 aromatic carbocycles. The number of aryl methyl sites for hydroxylation is 3. The molecule has 172 valence electrons. The SMILES string of the molecule is CCNC(=O)[C@@H](Cc1ccccc1)N(Cc1ccccc1C)C(=O)CCc1ccc(C)cc1. The van der Waals surface area contributed by atoms with Gasteiger partial charge in [-0.25, -0.2) is 0 Å². The van der Waals surface area contributed by atoms with Gasteiger partial charge in [0.25, 0.3) is 0 Å². The fourth-order valence-corrected chi connectivity index (χ4v) is 3.97. The van der Waals surface area contributed by atoms with E-state index in [1.54, 1.807) is 4.90 Å². The molecule has 3 aromatic rings. The molecule has 0 aliphatic heterocycles. The lowest BCUT2D eigenvalue weighted by atomic mass is 10.0. The molecule has 0 radical (unpaired) electrons. The third kappa shape index (κ3) is 7.04. The van der Waals surface area contributed by atoms with Gasteiger partial charge in [-0.2, -0.15) is 0 Å². The van der Waals surface area contributed by atoms with Crippen LogP contribution in [0.2, 0.25) is 0 Å². The van der Waals surface area contributed by atoms with Crippen molar-refractivity contribution in [2.75, 3.05) is 6.54 Å². The number of rotatable bonds is 10. The Kier molecular flexibility index (Phi) is 8.82. The summed E-state index contributed by atoms with van der Waals surface area (Å²) in [7, 11) is 0. The normalized spacial score (nSPS) is 11.6. The lowest BCUT2D eigenvalue weighted by Crippen LogP contribution is -2.50. The Hall–Kier alpha value is -3.40. The Labute approximate surface area is 197 Å². The van der Waals surface area contributed by atoms with Crippen LogP contribution < -0.4 is 5.32 Å². The average molecular weight is 443 g/mol. The van der Waals surface area contributed by atoms with Crippen LogP contribution in [0.15, 0.2) is 78.9 Å². The van der Waals surface area contributed by atoms with Crippen molar-refractivity contribution in [1.82, 2.24) is 10.2 Å². The van der Waals surface area contributed by atoms with E-state index < -0.39 is 6.04 Å². The summed E-state index contributed by atoms with van der Waals surface area (Å²) in [6.45, 7) is 6.94. The zero-order valence-electron chi connectivity index (χ0n) is 19.9. The van der Waals surface area contributed by atoms with Gasteiger partial charge in [-0.3, -0.25) is 9.59 Å². The standard InChI is InChI=1S/C29H34N2O2/c1-4-30-29(33)27(20-25-11-6-5-7-12-25)31(21-26-13-9-8-10-23(26)3)28(32)19-18-24-16-14-22(2)15-17-24/h5-17,27H,4,18-21H2,1-3H3,(H,30,33)/t27-/m1/s1. The summed E-state index contributed by atoms with van der Waals surface area (Å²) >= 11 is 0. The van der Waals surface area contributed by atoms with Crippen molar-refractivity contribution in [3.05, 3.63) is 107 Å². The Balaban J connectivity index is 1.89. The highest BCUT2D eigenvalue weighted by atomic mass is 16.2. The van der Waals surface area contributed by atoms with Crippen LogP contribution in [0.1, 0.15) is 41.2 Å². The summed E-state index contributed by atoms with van der Waals surface area (Å²) in [5.41, 5.74) is 5.54. The van der Waals surface area contributed by atoms with Crippen molar-refractivity contribution in [3.63, 3.8) is 0 Å². The molecular formula is C29H34N2O2. The van der Waals surface area contributed by atoms with Gasteiger partial charge in [0.1, 0.15) is 6.04 Å². The predicted molar refractivity (Wildman–Crippen MR) is 134 cm³/mol. The van der Waals surface area contributed by atoms with Crippen molar-refractivity contribution >= 4 is 11.8 Å². The molecule has 0 saturated heterocycles. The average Bonchev–Trinajstić information content (AvgIpc) is 2.82. The summed E-state index contributed by atoms with van der Waals surface area (Å²) in [5, 5.41) is 2.95. The number of nitrogens with zero attached hydrogens (tertiary/aromatic N) is 1. The first kappa shape index (κ1) is 24.2. The van der Waals surface area contributed by atoms with E-state index in [9.17, 15) is 9.59 Å². The smallest absolute Gasteiger partial charge is 0.243 e. The number of carbonyl (C=O) groups is 2. The summed E-state index contributed by atoms with van der Waals surface area (Å²) in [5.74, 6) is -0.121. The topological polar surface area (TPSA) is 49.4 Å². The van der Waals surface area contributed by atoms with Gasteiger partial charge in [0.15, 0.2) is 0 Å². The third-order valence-electron chi connectivity index (χ3n) is 5.97. The Morgan fingerprint density at radius 1 is 0.848 bits per heavy atom. The van der Waals surface area contributed by atoms with E-state index in [4.69, 9.17) is 0 Å². The molecule has 4 nitrogen and oxygen atoms in total. The van der Waals surface area contributed by atoms with Crippen LogP contribution in [0.25, 0.3) is 0 Å². The lowest BCUT2D eigenvalue weighted by molar-refractivity contribution is -0.141. The van der Waals surface area contributed by atoms with Gasteiger partial charge in [0, 0.05) is 25.9 Å². The minimum Gasteiger partial charge on any atom is -0.355 e. The fraction of sp³-hybridized carbons (Fsp3) is 0.310. The summed E-state index contributed by atoms with van der Waals surface area (Å²) < 4.78 is 0. The number of amides is 2. The Morgan fingerprint density at radius 2 is 1.52 bits per heavy atom. The van der Waals surface area contributed by atoms with E-state index in [0.717, 1.165) is 22.3 Å². The molecule has 0 saturated carbocycles. The Bertz CT molecular complexity index is 1040. The molecule has 0 fully saturated rings. The minimum atomic E-state index is -0.572. The van der Waals surface area contributed by atoms with E-state index in [1.807, 2.05) is 68.4 Å². The molecule has 0 unspecified atom stereocenters. The number of carbonyl (C=O) groups excluding carboxylic acids is 2. The molecule has 33 heavy (non-hydrogen) atoms. The Morgan fingerprint density at radius 3 is 2.18 bits per heavy atom. The molecule has 0 heterocycles. The summed E-state index contributed by atoms with van der Waals surface area (Å²) in [4.78, 5) is 28.5. The summed E-state index contributed by atoms with van der Waals surface area (Å²) in [6.07, 6.45) is 1.49. The predicted octanol–water partition coefficient (Wildman–Crippen LogP) is 5.01. The highest BCUT2D eigenvalue weighted by Gasteiger charge is 2.30. The fourth-order valence-electron chi connectivity index (χ4n) is 3.97. The molecule has 0 spiro atoms. The minimum absolute atomic E-state index is 0.00832. The van der Waals surface area contributed by atoms with Crippen LogP contribution >= 0.6 is 0 Å². The first-order valence-corrected chi connectivity index (χ1v) is 11.7. The van der Waals surface area contributed by atoms with Crippen LogP contribution in [-0.2, 0) is 29.0 Å². The van der Waals surface area contributed by atoms with Gasteiger partial charge in [-0.1, -0.05) is 84.4 Å². The van der Waals surface area contributed by atoms with Crippen molar-refractivity contribution in [3.8, 4) is 0 Å². The second kappa shape index (κ2) is 12.0. The monoisotopic (exact) mass is 442 g/mol. The molecule has 0 aromatic heterocycles. The van der Waals surface area contributed by atoms with Crippen LogP contribution in [0.5, 0.6) is 0 Å². The maximum atomic E-state index is 13.6. The number of likely N-dealkylation sites (N-methyl/N-ethyl adjacent to an activating group) is 1. The number of hydrogen-bond acceptors (Lipinski definition) is 2. The van der Waals surface area contributed by atoms with E-state index in [0.29, 0.717) is 32.4 Å². The quantitative estimate of drug-likeness (QED) is 0.480. The third-order valence-corrected chi connectivity index (χ3v) is 5.97. The second-order valence-electron chi connectivity index (χ2n) is 8.53. The van der Waals surface area contributed by atoms with Crippen LogP contribution in [-0.4, -0.2) is 29.3 Å². The molecule has 1 N–H and O–H groups in total. The molecule has 1 atom stereocenters. The van der Waals surface area contributed by atoms with Crippen molar-refractivity contribution in [2.45, 2.75) is 52.6 Å². The van der Waals surface area contributed by atoms with Gasteiger partial charge in [-0.15, -0.1) is 0 Å². The van der Waals surface area contributed by atoms with E-state index >= 15 is 0 Å². The van der Waals surface area contributed by atoms with E-state index in [2.05, 4.69) is 36.5 Å². The van der Waals surface area contributed by atoms with Gasteiger partial charge in [0.2, 0.25) is 11.8 Å². The second-order valence-corrected chi connectivity index (χ2v) is 8.53. The molecule has 2 amide bonds. The van der Waals surface area contributed by atoms with Crippen molar-refractivity contribution in [1.29, 1.82) is 0 Å². The zero-order valence-corrected chi connectivity index (χ0v) is 19.9. The van der Waals surface area contributed by atoms with Gasteiger partial charge in [0.05, 0.1) is 0 Å². The first-order chi connectivity index (χ1) is 16.0. The van der Waals surface area contributed by atoms with E-state index in [-0.39, 0.29) is 11.8 Å². The molecule has 0 aliphatic rings. The van der Waals surface area contributed by atoms with Crippen LogP contribution in [0, 0.1) is 13.8 Å². The molecule has 0 aliphatic carbocycles. The van der Waals surface area contributed by atoms with Gasteiger partial charge < -0.3 is 10.2 Å². The van der Waals surface area contributed by atoms with Crippen LogP contribution in [0.4, 0.5) is 0 Å². The molecule has 0 bridgehead atoms. The highest BCUT2D eigenvalue weighted by molar-refractivity contribution is 5.88. The molecule has 4 heteroatoms. The van der Waals surface area contributed by atoms with Gasteiger partial charge >= 0.3 is 0 Å². The van der Waals surface area contributed by atoms with Crippen molar-refractivity contribution in [2.24, 2.45) is 0 Å². The number of benzene rings is 3. The number of nitrogens with one attached hydrogen (secondary N) is 1. The zero-order chi connectivity index (χ0) is 23.6. The van der Waals surface area contributed by atoms with Crippen molar-refractivity contribution < 1.29 is 9.59 Å². The van der Waals surface area contributed by atoms with Crippen LogP contribution in [0.3, 0.4) is 0 Å². The molecule has 3 rings (SSSR count). The maximum absolute atomic E-state index is 13.6. The lowest BCUT2D eigenvalue weighted by Gasteiger charge is -2.32. The maximum Gasteiger partial charge on any atom is 0.243 e. The number of hydrogen-bond donors (Lipinski definition) is 1. The highest BCUT2D eigenvalue weighted by Crippen LogP contribution is 2.19.